The largest absolute Gasteiger partial charge is 0.511 e. The van der Waals surface area contributed by atoms with Crippen LogP contribution in [-0.4, -0.2) is 22.8 Å². The highest BCUT2D eigenvalue weighted by Gasteiger charge is 2.34. The van der Waals surface area contributed by atoms with Crippen LogP contribution >= 0.6 is 0 Å². The molecule has 0 fully saturated rings. The average Bonchev–Trinajstić information content (AvgIpc) is 2.47. The molecule has 7 nitrogen and oxygen atoms in total. The number of benzene rings is 2. The van der Waals surface area contributed by atoms with E-state index < -0.39 is 17.7 Å². The molecule has 0 spiro atoms. The van der Waals surface area contributed by atoms with Gasteiger partial charge in [-0.25, -0.2) is 4.79 Å². The number of hydrogen-bond acceptors (Lipinski definition) is 6. The van der Waals surface area contributed by atoms with Crippen molar-refractivity contribution in [2.75, 3.05) is 11.5 Å². The van der Waals surface area contributed by atoms with Crippen LogP contribution in [0.1, 0.15) is 31.8 Å². The van der Waals surface area contributed by atoms with E-state index >= 15 is 0 Å². The number of rotatable bonds is 1. The number of fused-ring (bicyclic) bond motifs is 2. The van der Waals surface area contributed by atoms with Crippen molar-refractivity contribution in [3.05, 3.63) is 52.6 Å². The van der Waals surface area contributed by atoms with E-state index in [1.807, 2.05) is 0 Å². The summed E-state index contributed by atoms with van der Waals surface area (Å²) in [5.41, 5.74) is 11.6. The lowest BCUT2D eigenvalue weighted by Crippen LogP contribution is -2.24. The fourth-order valence-corrected chi connectivity index (χ4v) is 2.50. The van der Waals surface area contributed by atoms with Gasteiger partial charge >= 0.3 is 6.16 Å². The Bertz CT molecular complexity index is 857. The van der Waals surface area contributed by atoms with Gasteiger partial charge in [-0.15, -0.1) is 0 Å². The first kappa shape index (κ1) is 13.6. The molecular weight excluding hydrogens is 288 g/mol. The van der Waals surface area contributed by atoms with Crippen molar-refractivity contribution in [2.24, 2.45) is 0 Å². The predicted molar refractivity (Wildman–Crippen MR) is 77.2 cm³/mol. The lowest BCUT2D eigenvalue weighted by atomic mass is 9.82. The topological polar surface area (TPSA) is 133 Å². The normalized spacial score (nSPS) is 12.5. The lowest BCUT2D eigenvalue weighted by Gasteiger charge is -2.21. The first-order valence-electron chi connectivity index (χ1n) is 6.23. The van der Waals surface area contributed by atoms with Crippen LogP contribution in [-0.2, 0) is 0 Å². The quantitative estimate of drug-likeness (QED) is 0.353. The highest BCUT2D eigenvalue weighted by molar-refractivity contribution is 6.32. The molecule has 1 aliphatic rings. The summed E-state index contributed by atoms with van der Waals surface area (Å²) in [6.45, 7) is 0. The number of hydrogen-bond donors (Lipinski definition) is 3. The van der Waals surface area contributed by atoms with Crippen molar-refractivity contribution in [3.63, 3.8) is 0 Å². The number of ether oxygens (including phenoxy) is 1. The minimum Gasteiger partial charge on any atom is -0.449 e. The zero-order valence-electron chi connectivity index (χ0n) is 11.1. The van der Waals surface area contributed by atoms with E-state index in [9.17, 15) is 14.4 Å². The van der Waals surface area contributed by atoms with Crippen molar-refractivity contribution >= 4 is 29.1 Å². The van der Waals surface area contributed by atoms with Gasteiger partial charge < -0.3 is 21.3 Å². The molecule has 0 atom stereocenters. The Morgan fingerprint density at radius 1 is 1.00 bits per heavy atom. The van der Waals surface area contributed by atoms with Gasteiger partial charge in [0.25, 0.3) is 0 Å². The number of nitrogen functional groups attached to an aromatic ring is 2. The summed E-state index contributed by atoms with van der Waals surface area (Å²) in [5.74, 6) is -1.20. The Morgan fingerprint density at radius 3 is 2.09 bits per heavy atom. The van der Waals surface area contributed by atoms with E-state index in [0.717, 1.165) is 6.07 Å². The molecule has 0 saturated carbocycles. The molecule has 22 heavy (non-hydrogen) atoms. The molecule has 7 heteroatoms. The standard InChI is InChI=1S/C15H10N2O5/c16-8-5-9(22-15(20)21)12(17)11-10(8)13(18)6-3-1-2-4-7(6)14(11)19/h1-5H,16-17H2,(H,20,21). The lowest BCUT2D eigenvalue weighted by molar-refractivity contribution is 0.0980. The van der Waals surface area contributed by atoms with Crippen LogP contribution in [0.4, 0.5) is 16.2 Å². The van der Waals surface area contributed by atoms with Gasteiger partial charge in [-0.05, 0) is 0 Å². The molecule has 3 rings (SSSR count). The van der Waals surface area contributed by atoms with E-state index in [4.69, 9.17) is 16.6 Å². The molecule has 2 aromatic rings. The zero-order valence-corrected chi connectivity index (χ0v) is 11.1. The molecule has 0 heterocycles. The molecule has 2 aromatic carbocycles. The molecule has 0 amide bonds. The van der Waals surface area contributed by atoms with E-state index in [2.05, 4.69) is 4.74 Å². The second-order valence-electron chi connectivity index (χ2n) is 4.70. The molecule has 0 saturated heterocycles. The SMILES string of the molecule is Nc1cc(OC(=O)O)c(N)c2c1C(=O)c1ccccc1C2=O. The van der Waals surface area contributed by atoms with Crippen LogP contribution in [0.25, 0.3) is 0 Å². The van der Waals surface area contributed by atoms with Crippen LogP contribution in [0.5, 0.6) is 5.75 Å². The maximum Gasteiger partial charge on any atom is 0.511 e. The van der Waals surface area contributed by atoms with E-state index in [1.54, 1.807) is 12.1 Å². The van der Waals surface area contributed by atoms with Crippen molar-refractivity contribution < 1.29 is 24.2 Å². The van der Waals surface area contributed by atoms with Crippen LogP contribution in [0.15, 0.2) is 30.3 Å². The summed E-state index contributed by atoms with van der Waals surface area (Å²) >= 11 is 0. The average molecular weight is 298 g/mol. The van der Waals surface area contributed by atoms with Crippen LogP contribution in [0.2, 0.25) is 0 Å². The number of carboxylic acid groups (broad SMARTS) is 1. The smallest absolute Gasteiger partial charge is 0.449 e. The minimum atomic E-state index is -1.60. The minimum absolute atomic E-state index is 0.0288. The van der Waals surface area contributed by atoms with Gasteiger partial charge in [0.2, 0.25) is 0 Å². The van der Waals surface area contributed by atoms with Gasteiger partial charge in [-0.3, -0.25) is 9.59 Å². The van der Waals surface area contributed by atoms with Gasteiger partial charge in [0.05, 0.1) is 16.8 Å². The summed E-state index contributed by atoms with van der Waals surface area (Å²) < 4.78 is 4.51. The monoisotopic (exact) mass is 298 g/mol. The van der Waals surface area contributed by atoms with Gasteiger partial charge in [0.15, 0.2) is 17.3 Å². The van der Waals surface area contributed by atoms with Gasteiger partial charge in [-0.2, -0.15) is 0 Å². The Kier molecular flexibility index (Phi) is 2.84. The molecule has 0 bridgehead atoms. The van der Waals surface area contributed by atoms with Crippen molar-refractivity contribution in [1.82, 2.24) is 0 Å². The Morgan fingerprint density at radius 2 is 1.55 bits per heavy atom. The summed E-state index contributed by atoms with van der Waals surface area (Å²) in [7, 11) is 0. The number of nitrogens with two attached hydrogens (primary N) is 2. The molecule has 5 N–H and O–H groups in total. The van der Waals surface area contributed by atoms with Crippen molar-refractivity contribution in [3.8, 4) is 5.75 Å². The van der Waals surface area contributed by atoms with Crippen molar-refractivity contribution in [1.29, 1.82) is 0 Å². The van der Waals surface area contributed by atoms with Crippen LogP contribution < -0.4 is 16.2 Å². The predicted octanol–water partition coefficient (Wildman–Crippen LogP) is 1.68. The first-order valence-corrected chi connectivity index (χ1v) is 6.23. The van der Waals surface area contributed by atoms with E-state index in [-0.39, 0.29) is 39.4 Å². The van der Waals surface area contributed by atoms with Crippen molar-refractivity contribution in [2.45, 2.75) is 0 Å². The fourth-order valence-electron chi connectivity index (χ4n) is 2.50. The van der Waals surface area contributed by atoms with Crippen LogP contribution in [0.3, 0.4) is 0 Å². The molecular formula is C15H10N2O5. The maximum atomic E-state index is 12.6. The Hall–Kier alpha value is -3.35. The highest BCUT2D eigenvalue weighted by atomic mass is 16.7. The molecule has 1 aliphatic carbocycles. The third-order valence-corrected chi connectivity index (χ3v) is 3.43. The summed E-state index contributed by atoms with van der Waals surface area (Å²) in [6, 6.07) is 7.40. The molecule has 0 unspecified atom stereocenters. The highest BCUT2D eigenvalue weighted by Crippen LogP contribution is 2.39. The fraction of sp³-hybridized carbons (Fsp3) is 0. The van der Waals surface area contributed by atoms with Gasteiger partial charge in [-0.1, -0.05) is 24.3 Å². The Labute approximate surface area is 124 Å². The third kappa shape index (κ3) is 1.80. The zero-order chi connectivity index (χ0) is 16.0. The molecule has 0 aromatic heterocycles. The molecule has 0 aliphatic heterocycles. The van der Waals surface area contributed by atoms with E-state index in [1.165, 1.54) is 12.1 Å². The molecule has 110 valence electrons. The summed E-state index contributed by atoms with van der Waals surface area (Å²) in [6.07, 6.45) is -1.60. The number of anilines is 2. The number of carbonyl (C=O) groups excluding carboxylic acids is 2. The maximum absolute atomic E-state index is 12.6. The first-order chi connectivity index (χ1) is 10.4. The summed E-state index contributed by atoms with van der Waals surface area (Å²) in [4.78, 5) is 35.8. The van der Waals surface area contributed by atoms with Crippen LogP contribution in [0, 0.1) is 0 Å². The van der Waals surface area contributed by atoms with Gasteiger partial charge in [0.1, 0.15) is 0 Å². The molecule has 0 radical (unpaired) electrons. The second-order valence-corrected chi connectivity index (χ2v) is 4.70. The Balaban J connectivity index is 2.31. The van der Waals surface area contributed by atoms with E-state index in [0.29, 0.717) is 0 Å². The second kappa shape index (κ2) is 4.59. The van der Waals surface area contributed by atoms with Gasteiger partial charge in [0, 0.05) is 22.9 Å². The number of ketones is 2. The third-order valence-electron chi connectivity index (χ3n) is 3.43. The number of carbonyl (C=O) groups is 3. The summed E-state index contributed by atoms with van der Waals surface area (Å²) in [5, 5.41) is 8.69.